The molecule has 0 bridgehead atoms. The van der Waals surface area contributed by atoms with Gasteiger partial charge in [-0.05, 0) is 24.5 Å². The van der Waals surface area contributed by atoms with Crippen LogP contribution >= 0.6 is 0 Å². The van der Waals surface area contributed by atoms with Crippen LogP contribution in [0.5, 0.6) is 5.75 Å². The van der Waals surface area contributed by atoms with E-state index in [2.05, 4.69) is 19.1 Å². The third-order valence-electron chi connectivity index (χ3n) is 4.10. The van der Waals surface area contributed by atoms with Gasteiger partial charge in [0, 0.05) is 6.04 Å². The fraction of sp³-hybridized carbons (Fsp3) is 0.684. The summed E-state index contributed by atoms with van der Waals surface area (Å²) in [7, 11) is 1.73. The van der Waals surface area contributed by atoms with Gasteiger partial charge in [0.25, 0.3) is 0 Å². The molecule has 21 heavy (non-hydrogen) atoms. The molecule has 1 atom stereocenters. The molecule has 1 aromatic carbocycles. The number of ether oxygens (including phenoxy) is 1. The molecule has 2 nitrogen and oxygen atoms in total. The number of hydrogen-bond donors (Lipinski definition) is 1. The first-order chi connectivity index (χ1) is 10.3. The summed E-state index contributed by atoms with van der Waals surface area (Å²) in [5.74, 6) is 0.962. The van der Waals surface area contributed by atoms with Gasteiger partial charge in [-0.2, -0.15) is 0 Å². The highest BCUT2D eigenvalue weighted by molar-refractivity contribution is 5.33. The first-order valence-electron chi connectivity index (χ1n) is 8.65. The summed E-state index contributed by atoms with van der Waals surface area (Å²) in [5.41, 5.74) is 7.48. The molecule has 0 spiro atoms. The van der Waals surface area contributed by atoms with Crippen molar-refractivity contribution in [3.63, 3.8) is 0 Å². The van der Waals surface area contributed by atoms with Gasteiger partial charge < -0.3 is 10.5 Å². The minimum Gasteiger partial charge on any atom is -0.496 e. The van der Waals surface area contributed by atoms with E-state index in [4.69, 9.17) is 10.5 Å². The van der Waals surface area contributed by atoms with E-state index in [0.29, 0.717) is 0 Å². The Morgan fingerprint density at radius 2 is 1.57 bits per heavy atom. The predicted molar refractivity (Wildman–Crippen MR) is 91.9 cm³/mol. The van der Waals surface area contributed by atoms with Crippen molar-refractivity contribution < 1.29 is 4.74 Å². The molecule has 0 heterocycles. The number of para-hydroxylation sites is 1. The molecule has 0 saturated carbocycles. The lowest BCUT2D eigenvalue weighted by Crippen LogP contribution is -2.22. The quantitative estimate of drug-likeness (QED) is 0.544. The normalized spacial score (nSPS) is 12.3. The van der Waals surface area contributed by atoms with Gasteiger partial charge in [0.15, 0.2) is 0 Å². The van der Waals surface area contributed by atoms with Gasteiger partial charge in [-0.3, -0.25) is 0 Å². The second-order valence-electron chi connectivity index (χ2n) is 6.04. The fourth-order valence-corrected chi connectivity index (χ4v) is 2.80. The summed E-state index contributed by atoms with van der Waals surface area (Å²) < 4.78 is 5.38. The molecule has 0 saturated heterocycles. The highest BCUT2D eigenvalue weighted by Crippen LogP contribution is 2.20. The van der Waals surface area contributed by atoms with Crippen molar-refractivity contribution in [1.29, 1.82) is 0 Å². The van der Waals surface area contributed by atoms with Crippen LogP contribution in [0.1, 0.15) is 70.3 Å². The molecule has 0 aliphatic heterocycles. The molecule has 0 radical (unpaired) electrons. The van der Waals surface area contributed by atoms with Gasteiger partial charge in [0.05, 0.1) is 7.11 Å². The molecular formula is C19H33NO. The van der Waals surface area contributed by atoms with Crippen LogP contribution in [0.15, 0.2) is 24.3 Å². The van der Waals surface area contributed by atoms with Gasteiger partial charge in [0.2, 0.25) is 0 Å². The maximum atomic E-state index is 6.25. The maximum absolute atomic E-state index is 6.25. The number of benzene rings is 1. The van der Waals surface area contributed by atoms with E-state index < -0.39 is 0 Å². The zero-order valence-electron chi connectivity index (χ0n) is 13.9. The van der Waals surface area contributed by atoms with Crippen LogP contribution in [0.4, 0.5) is 0 Å². The zero-order chi connectivity index (χ0) is 15.3. The first-order valence-corrected chi connectivity index (χ1v) is 8.65. The molecule has 0 amide bonds. The predicted octanol–water partition coefficient (Wildman–Crippen LogP) is 5.10. The largest absolute Gasteiger partial charge is 0.496 e. The van der Waals surface area contributed by atoms with Crippen molar-refractivity contribution in [1.82, 2.24) is 0 Å². The Balaban J connectivity index is 2.10. The number of hydrogen-bond acceptors (Lipinski definition) is 2. The van der Waals surface area contributed by atoms with Crippen LogP contribution in [-0.2, 0) is 6.42 Å². The summed E-state index contributed by atoms with van der Waals surface area (Å²) in [6, 6.07) is 8.44. The highest BCUT2D eigenvalue weighted by atomic mass is 16.5. The van der Waals surface area contributed by atoms with E-state index in [1.165, 1.54) is 56.9 Å². The Bertz CT molecular complexity index is 364. The number of nitrogens with two attached hydrogens (primary N) is 1. The van der Waals surface area contributed by atoms with E-state index in [1.807, 2.05) is 12.1 Å². The molecule has 0 aliphatic carbocycles. The Kier molecular flexibility index (Phi) is 9.98. The second-order valence-corrected chi connectivity index (χ2v) is 6.04. The van der Waals surface area contributed by atoms with Gasteiger partial charge in [-0.25, -0.2) is 0 Å². The number of unbranched alkanes of at least 4 members (excludes halogenated alkanes) is 7. The van der Waals surface area contributed by atoms with Crippen molar-refractivity contribution in [2.45, 2.75) is 77.2 Å². The van der Waals surface area contributed by atoms with Crippen LogP contribution in [-0.4, -0.2) is 13.2 Å². The lowest BCUT2D eigenvalue weighted by Gasteiger charge is -2.14. The van der Waals surface area contributed by atoms with Crippen LogP contribution in [0.3, 0.4) is 0 Å². The maximum Gasteiger partial charge on any atom is 0.122 e. The van der Waals surface area contributed by atoms with Crippen LogP contribution in [0.2, 0.25) is 0 Å². The van der Waals surface area contributed by atoms with Gasteiger partial charge in [0.1, 0.15) is 5.75 Å². The topological polar surface area (TPSA) is 35.2 Å². The second kappa shape index (κ2) is 11.6. The molecule has 2 heteroatoms. The van der Waals surface area contributed by atoms with E-state index >= 15 is 0 Å². The summed E-state index contributed by atoms with van der Waals surface area (Å²) in [5, 5.41) is 0. The monoisotopic (exact) mass is 291 g/mol. The average molecular weight is 291 g/mol. The summed E-state index contributed by atoms with van der Waals surface area (Å²) >= 11 is 0. The van der Waals surface area contributed by atoms with Gasteiger partial charge >= 0.3 is 0 Å². The molecule has 0 aliphatic rings. The van der Waals surface area contributed by atoms with Crippen LogP contribution in [0.25, 0.3) is 0 Å². The molecule has 2 N–H and O–H groups in total. The Morgan fingerprint density at radius 3 is 2.24 bits per heavy atom. The van der Waals surface area contributed by atoms with Crippen LogP contribution < -0.4 is 10.5 Å². The summed E-state index contributed by atoms with van der Waals surface area (Å²) in [6.07, 6.45) is 12.9. The third-order valence-corrected chi connectivity index (χ3v) is 4.10. The lowest BCUT2D eigenvalue weighted by atomic mass is 9.99. The Labute approximate surface area is 131 Å². The third kappa shape index (κ3) is 8.11. The summed E-state index contributed by atoms with van der Waals surface area (Å²) in [6.45, 7) is 2.27. The molecule has 1 unspecified atom stereocenters. The molecule has 1 rings (SSSR count). The molecule has 0 fully saturated rings. The smallest absolute Gasteiger partial charge is 0.122 e. The first kappa shape index (κ1) is 18.0. The molecule has 120 valence electrons. The molecule has 0 aromatic heterocycles. The Hall–Kier alpha value is -1.02. The van der Waals surface area contributed by atoms with Crippen LogP contribution in [0, 0.1) is 0 Å². The van der Waals surface area contributed by atoms with E-state index in [9.17, 15) is 0 Å². The van der Waals surface area contributed by atoms with Crippen molar-refractivity contribution in [2.75, 3.05) is 7.11 Å². The van der Waals surface area contributed by atoms with E-state index in [1.54, 1.807) is 7.11 Å². The van der Waals surface area contributed by atoms with Gasteiger partial charge in [-0.1, -0.05) is 76.5 Å². The van der Waals surface area contributed by atoms with E-state index in [-0.39, 0.29) is 6.04 Å². The van der Waals surface area contributed by atoms with Gasteiger partial charge in [-0.15, -0.1) is 0 Å². The SMILES string of the molecule is CCCCCCCCCCC(N)Cc1ccccc1OC. The van der Waals surface area contributed by atoms with E-state index in [0.717, 1.165) is 18.6 Å². The zero-order valence-corrected chi connectivity index (χ0v) is 13.9. The lowest BCUT2D eigenvalue weighted by molar-refractivity contribution is 0.406. The highest BCUT2D eigenvalue weighted by Gasteiger charge is 2.08. The average Bonchev–Trinajstić information content (AvgIpc) is 2.50. The van der Waals surface area contributed by atoms with Crippen molar-refractivity contribution in [2.24, 2.45) is 5.73 Å². The number of rotatable bonds is 12. The van der Waals surface area contributed by atoms with Crippen molar-refractivity contribution in [3.05, 3.63) is 29.8 Å². The molecule has 1 aromatic rings. The number of methoxy groups -OCH3 is 1. The van der Waals surface area contributed by atoms with Crippen molar-refractivity contribution >= 4 is 0 Å². The van der Waals surface area contributed by atoms with Crippen molar-refractivity contribution in [3.8, 4) is 5.75 Å². The molecular weight excluding hydrogens is 258 g/mol. The standard InChI is InChI=1S/C19H33NO/c1-3-4-5-6-7-8-9-10-14-18(20)16-17-13-11-12-15-19(17)21-2/h11-13,15,18H,3-10,14,16,20H2,1-2H3. The fourth-order valence-electron chi connectivity index (χ4n) is 2.80. The minimum absolute atomic E-state index is 0.251. The summed E-state index contributed by atoms with van der Waals surface area (Å²) in [4.78, 5) is 0. The minimum atomic E-state index is 0.251. The Morgan fingerprint density at radius 1 is 0.952 bits per heavy atom.